The molecule has 0 aromatic carbocycles. The van der Waals surface area contributed by atoms with E-state index in [1.807, 2.05) is 6.92 Å². The first kappa shape index (κ1) is 16.7. The minimum atomic E-state index is -4.43. The highest BCUT2D eigenvalue weighted by Crippen LogP contribution is 2.23. The molecule has 0 aromatic heterocycles. The topological polar surface area (TPSA) is 69.4 Å². The molecule has 0 heterocycles. The van der Waals surface area contributed by atoms with Crippen molar-refractivity contribution >= 4 is 10.0 Å². The van der Waals surface area contributed by atoms with Crippen molar-refractivity contribution in [3.63, 3.8) is 0 Å². The third kappa shape index (κ3) is 8.39. The maximum atomic E-state index is 12.2. The van der Waals surface area contributed by atoms with Gasteiger partial charge in [-0.3, -0.25) is 0 Å². The van der Waals surface area contributed by atoms with Crippen molar-refractivity contribution in [3.8, 4) is 0 Å². The predicted molar refractivity (Wildman–Crippen MR) is 57.8 cm³/mol. The molecule has 0 saturated carbocycles. The fourth-order valence-electron chi connectivity index (χ4n) is 1.33. The number of hydrogen-bond donors (Lipinski definition) is 1. The van der Waals surface area contributed by atoms with Crippen molar-refractivity contribution in [2.45, 2.75) is 39.0 Å². The van der Waals surface area contributed by atoms with Crippen molar-refractivity contribution < 1.29 is 26.3 Å². The van der Waals surface area contributed by atoms with Crippen LogP contribution in [0.2, 0.25) is 0 Å². The number of hydrogen-bond acceptors (Lipinski definition) is 3. The lowest BCUT2D eigenvalue weighted by atomic mass is 10.1. The Balaban J connectivity index is 4.28. The summed E-state index contributed by atoms with van der Waals surface area (Å²) in [5, 5.41) is 4.85. The normalized spacial score (nSPS) is 16.8. The number of nitrogens with two attached hydrogens (primary N) is 1. The van der Waals surface area contributed by atoms with Gasteiger partial charge in [0.1, 0.15) is 0 Å². The van der Waals surface area contributed by atoms with Crippen LogP contribution < -0.4 is 5.14 Å². The van der Waals surface area contributed by atoms with Crippen LogP contribution in [0.1, 0.15) is 26.7 Å². The Morgan fingerprint density at radius 3 is 2.24 bits per heavy atom. The molecule has 2 unspecified atom stereocenters. The lowest BCUT2D eigenvalue weighted by Gasteiger charge is -2.20. The summed E-state index contributed by atoms with van der Waals surface area (Å²) in [5.74, 6) is -0.856. The van der Waals surface area contributed by atoms with E-state index < -0.39 is 28.2 Å². The Morgan fingerprint density at radius 2 is 1.88 bits per heavy atom. The Bertz CT molecular complexity index is 316. The highest BCUT2D eigenvalue weighted by Gasteiger charge is 2.37. The summed E-state index contributed by atoms with van der Waals surface area (Å²) in [4.78, 5) is 0. The van der Waals surface area contributed by atoms with Crippen LogP contribution in [0.25, 0.3) is 0 Å². The maximum absolute atomic E-state index is 12.2. The zero-order valence-electron chi connectivity index (χ0n) is 9.83. The third-order valence-electron chi connectivity index (χ3n) is 2.21. The van der Waals surface area contributed by atoms with E-state index in [2.05, 4.69) is 4.74 Å². The molecule has 0 aliphatic rings. The van der Waals surface area contributed by atoms with Gasteiger partial charge < -0.3 is 4.74 Å². The van der Waals surface area contributed by atoms with Crippen molar-refractivity contribution in [3.05, 3.63) is 0 Å². The van der Waals surface area contributed by atoms with E-state index >= 15 is 0 Å². The fraction of sp³-hybridized carbons (Fsp3) is 1.00. The summed E-state index contributed by atoms with van der Waals surface area (Å²) in [6.45, 7) is 2.44. The van der Waals surface area contributed by atoms with Crippen LogP contribution in [-0.4, -0.2) is 33.1 Å². The molecule has 0 bridgehead atoms. The Labute approximate surface area is 99.4 Å². The molecule has 0 radical (unpaired) electrons. The lowest BCUT2D eigenvalue weighted by Crippen LogP contribution is -2.32. The molecule has 2 atom stereocenters. The van der Waals surface area contributed by atoms with Gasteiger partial charge in [-0.2, -0.15) is 13.2 Å². The van der Waals surface area contributed by atoms with Crippen molar-refractivity contribution in [2.24, 2.45) is 11.1 Å². The minimum Gasteiger partial charge on any atom is -0.369 e. The van der Waals surface area contributed by atoms with E-state index in [1.54, 1.807) is 0 Å². The summed E-state index contributed by atoms with van der Waals surface area (Å²) in [6.07, 6.45) is -5.22. The van der Waals surface area contributed by atoms with E-state index in [-0.39, 0.29) is 12.4 Å². The highest BCUT2D eigenvalue weighted by molar-refractivity contribution is 7.89. The van der Waals surface area contributed by atoms with E-state index in [4.69, 9.17) is 5.14 Å². The monoisotopic (exact) mass is 277 g/mol. The van der Waals surface area contributed by atoms with Gasteiger partial charge in [-0.1, -0.05) is 13.3 Å². The summed E-state index contributed by atoms with van der Waals surface area (Å²) in [7, 11) is -3.69. The molecule has 0 rings (SSSR count). The number of primary sulfonamides is 1. The molecule has 0 aromatic rings. The molecular formula is C9H18F3NO3S. The van der Waals surface area contributed by atoms with Crippen LogP contribution in [0.3, 0.4) is 0 Å². The molecule has 104 valence electrons. The zero-order chi connectivity index (χ0) is 13.7. The molecule has 0 saturated heterocycles. The highest BCUT2D eigenvalue weighted by atomic mass is 32.2. The first-order chi connectivity index (χ1) is 7.56. The molecule has 0 fully saturated rings. The summed E-state index contributed by atoms with van der Waals surface area (Å²) < 4.78 is 62.8. The summed E-state index contributed by atoms with van der Waals surface area (Å²) in [5.41, 5.74) is 0. The average Bonchev–Trinajstić information content (AvgIpc) is 2.10. The van der Waals surface area contributed by atoms with Crippen molar-refractivity contribution in [2.75, 3.05) is 12.4 Å². The average molecular weight is 277 g/mol. The molecular weight excluding hydrogens is 259 g/mol. The quantitative estimate of drug-likeness (QED) is 0.769. The third-order valence-corrected chi connectivity index (χ3v) is 3.14. The van der Waals surface area contributed by atoms with Crippen LogP contribution in [0.4, 0.5) is 13.2 Å². The summed E-state index contributed by atoms with van der Waals surface area (Å²) >= 11 is 0. The zero-order valence-corrected chi connectivity index (χ0v) is 10.6. The van der Waals surface area contributed by atoms with Gasteiger partial charge >= 0.3 is 6.18 Å². The van der Waals surface area contributed by atoms with Crippen LogP contribution in [0, 0.1) is 5.92 Å². The number of rotatable bonds is 7. The first-order valence-electron chi connectivity index (χ1n) is 5.25. The number of ether oxygens (including phenoxy) is 1. The van der Waals surface area contributed by atoms with E-state index in [0.717, 1.165) is 6.92 Å². The van der Waals surface area contributed by atoms with Crippen LogP contribution in [0.15, 0.2) is 0 Å². The largest absolute Gasteiger partial charge is 0.414 e. The van der Waals surface area contributed by atoms with Gasteiger partial charge in [-0.15, -0.1) is 0 Å². The molecule has 0 spiro atoms. The predicted octanol–water partition coefficient (Wildman–Crippen LogP) is 1.66. The fourth-order valence-corrected chi connectivity index (χ4v) is 2.25. The first-order valence-corrected chi connectivity index (χ1v) is 6.96. The Morgan fingerprint density at radius 1 is 1.35 bits per heavy atom. The van der Waals surface area contributed by atoms with Crippen LogP contribution >= 0.6 is 0 Å². The van der Waals surface area contributed by atoms with E-state index in [0.29, 0.717) is 12.8 Å². The lowest BCUT2D eigenvalue weighted by molar-refractivity contribution is -0.216. The summed E-state index contributed by atoms with van der Waals surface area (Å²) in [6, 6.07) is 0. The molecule has 4 nitrogen and oxygen atoms in total. The second-order valence-corrected chi connectivity index (χ2v) is 5.66. The van der Waals surface area contributed by atoms with Gasteiger partial charge in [-0.05, 0) is 19.3 Å². The van der Waals surface area contributed by atoms with Gasteiger partial charge in [-0.25, -0.2) is 13.6 Å². The van der Waals surface area contributed by atoms with Gasteiger partial charge in [0.15, 0.2) is 6.10 Å². The Kier molecular flexibility index (Phi) is 6.42. The van der Waals surface area contributed by atoms with E-state index in [1.165, 1.54) is 0 Å². The second-order valence-electron chi connectivity index (χ2n) is 4.00. The maximum Gasteiger partial charge on any atom is 0.414 e. The van der Waals surface area contributed by atoms with Gasteiger partial charge in [0.25, 0.3) is 0 Å². The SMILES string of the molecule is CCCC(COC(C)C(F)(F)F)CS(N)(=O)=O. The number of halogens is 3. The van der Waals surface area contributed by atoms with Crippen LogP contribution in [0.5, 0.6) is 0 Å². The molecule has 0 aliphatic heterocycles. The smallest absolute Gasteiger partial charge is 0.369 e. The molecule has 8 heteroatoms. The minimum absolute atomic E-state index is 0.259. The molecule has 17 heavy (non-hydrogen) atoms. The Hall–Kier alpha value is -0.340. The standard InChI is InChI=1S/C9H18F3NO3S/c1-3-4-8(6-17(13,14)15)5-16-7(2)9(10,11)12/h7-8H,3-6H2,1-2H3,(H2,13,14,15). The van der Waals surface area contributed by atoms with E-state index in [9.17, 15) is 21.6 Å². The number of sulfonamides is 1. The van der Waals surface area contributed by atoms with Gasteiger partial charge in [0, 0.05) is 0 Å². The molecule has 2 N–H and O–H groups in total. The molecule has 0 amide bonds. The molecule has 0 aliphatic carbocycles. The van der Waals surface area contributed by atoms with Gasteiger partial charge in [0.2, 0.25) is 10.0 Å². The second kappa shape index (κ2) is 6.55. The number of alkyl halides is 3. The van der Waals surface area contributed by atoms with Crippen molar-refractivity contribution in [1.82, 2.24) is 0 Å². The van der Waals surface area contributed by atoms with Crippen LogP contribution in [-0.2, 0) is 14.8 Å². The van der Waals surface area contributed by atoms with Gasteiger partial charge in [0.05, 0.1) is 12.4 Å². The van der Waals surface area contributed by atoms with Crippen molar-refractivity contribution in [1.29, 1.82) is 0 Å².